The third-order valence-electron chi connectivity index (χ3n) is 9.87. The molecular weight excluding hydrogens is 528 g/mol. The fourth-order valence-electron chi connectivity index (χ4n) is 8.18. The molecule has 1 aliphatic heterocycles. The molecule has 0 radical (unpaired) electrons. The van der Waals surface area contributed by atoms with Crippen LogP contribution in [0.15, 0.2) is 138 Å². The van der Waals surface area contributed by atoms with Crippen LogP contribution in [0.5, 0.6) is 0 Å². The lowest BCUT2D eigenvalue weighted by atomic mass is 9.47. The van der Waals surface area contributed by atoms with Gasteiger partial charge in [0.05, 0.1) is 28.6 Å². The molecule has 4 heteroatoms. The minimum absolute atomic E-state index is 0.136. The molecule has 2 amide bonds. The summed E-state index contributed by atoms with van der Waals surface area (Å²) in [5.41, 5.74) is 4.91. The van der Waals surface area contributed by atoms with E-state index in [1.54, 1.807) is 0 Å². The molecule has 0 saturated carbocycles. The maximum Gasteiger partial charge on any atom is 0.239 e. The molecule has 1 saturated heterocycles. The molecule has 1 heterocycles. The maximum absolute atomic E-state index is 14.9. The summed E-state index contributed by atoms with van der Waals surface area (Å²) in [5, 5.41) is 4.05. The van der Waals surface area contributed by atoms with Crippen LogP contribution in [0.3, 0.4) is 0 Å². The van der Waals surface area contributed by atoms with Crippen molar-refractivity contribution in [3.05, 3.63) is 156 Å². The van der Waals surface area contributed by atoms with Crippen molar-refractivity contribution in [1.82, 2.24) is 0 Å². The van der Waals surface area contributed by atoms with Gasteiger partial charge in [0.1, 0.15) is 0 Å². The van der Waals surface area contributed by atoms with E-state index in [2.05, 4.69) is 42.5 Å². The summed E-state index contributed by atoms with van der Waals surface area (Å²) < 4.78 is 0. The summed E-state index contributed by atoms with van der Waals surface area (Å²) >= 11 is 0. The fourth-order valence-corrected chi connectivity index (χ4v) is 8.18. The molecule has 0 N–H and O–H groups in total. The molecule has 3 aliphatic carbocycles. The molecule has 204 valence electrons. The molecular formula is C39H26N2O2. The summed E-state index contributed by atoms with van der Waals surface area (Å²) in [5.74, 6) is -1.66. The number of rotatable bonds is 3. The Morgan fingerprint density at radius 2 is 1.14 bits per heavy atom. The van der Waals surface area contributed by atoms with Crippen molar-refractivity contribution in [3.63, 3.8) is 0 Å². The Morgan fingerprint density at radius 3 is 1.86 bits per heavy atom. The predicted octanol–water partition coefficient (Wildman–Crippen LogP) is 7.95. The molecule has 10 rings (SSSR count). The maximum atomic E-state index is 14.9. The number of carbonyl (C=O) groups excluding carboxylic acids is 2. The smallest absolute Gasteiger partial charge is 0.239 e. The topological polar surface area (TPSA) is 49.7 Å². The number of nitrogens with zero attached hydrogens (tertiary/aromatic N) is 2. The molecule has 6 aromatic rings. The van der Waals surface area contributed by atoms with Crippen LogP contribution < -0.4 is 4.90 Å². The lowest BCUT2D eigenvalue weighted by Crippen LogP contribution is -2.54. The largest absolute Gasteiger partial charge is 0.274 e. The van der Waals surface area contributed by atoms with Crippen LogP contribution >= 0.6 is 0 Å². The van der Waals surface area contributed by atoms with E-state index in [-0.39, 0.29) is 17.7 Å². The van der Waals surface area contributed by atoms with Crippen LogP contribution in [0.2, 0.25) is 0 Å². The van der Waals surface area contributed by atoms with Crippen LogP contribution in [-0.2, 0) is 15.0 Å². The highest BCUT2D eigenvalue weighted by atomic mass is 16.2. The van der Waals surface area contributed by atoms with Gasteiger partial charge >= 0.3 is 0 Å². The van der Waals surface area contributed by atoms with E-state index in [0.29, 0.717) is 5.69 Å². The first-order valence-electron chi connectivity index (χ1n) is 14.8. The number of fused-ring (bicyclic) bond motifs is 2. The van der Waals surface area contributed by atoms with Crippen LogP contribution in [0, 0.1) is 11.8 Å². The average Bonchev–Trinajstić information content (AvgIpc) is 3.33. The van der Waals surface area contributed by atoms with Gasteiger partial charge in [-0.25, -0.2) is 4.90 Å². The molecule has 4 aliphatic rings. The minimum Gasteiger partial charge on any atom is -0.274 e. The van der Waals surface area contributed by atoms with Gasteiger partial charge in [-0.2, -0.15) is 0 Å². The van der Waals surface area contributed by atoms with E-state index in [1.807, 2.05) is 97.2 Å². The highest BCUT2D eigenvalue weighted by Crippen LogP contribution is 2.64. The minimum atomic E-state index is -0.907. The highest BCUT2D eigenvalue weighted by Gasteiger charge is 2.68. The lowest BCUT2D eigenvalue weighted by molar-refractivity contribution is -0.122. The first-order chi connectivity index (χ1) is 21.2. The molecule has 0 spiro atoms. The van der Waals surface area contributed by atoms with Crippen molar-refractivity contribution in [3.8, 4) is 0 Å². The van der Waals surface area contributed by atoms with Crippen molar-refractivity contribution in [1.29, 1.82) is 0 Å². The number of benzene rings is 6. The van der Waals surface area contributed by atoms with Crippen LogP contribution in [0.1, 0.15) is 28.2 Å². The van der Waals surface area contributed by atoms with Crippen LogP contribution in [0.4, 0.5) is 11.4 Å². The Hall–Kier alpha value is -5.35. The zero-order valence-corrected chi connectivity index (χ0v) is 23.2. The zero-order valence-electron chi connectivity index (χ0n) is 23.2. The summed E-state index contributed by atoms with van der Waals surface area (Å²) in [7, 11) is 0. The fraction of sp³-hybridized carbons (Fsp3) is 0.103. The molecule has 1 fully saturated rings. The van der Waals surface area contributed by atoms with Crippen LogP contribution in [-0.4, -0.2) is 18.0 Å². The van der Waals surface area contributed by atoms with E-state index >= 15 is 0 Å². The molecule has 2 atom stereocenters. The third kappa shape index (κ3) is 3.13. The van der Waals surface area contributed by atoms with Crippen molar-refractivity contribution >= 4 is 50.9 Å². The molecule has 6 aromatic carbocycles. The second-order valence-electron chi connectivity index (χ2n) is 11.8. The SMILES string of the molecule is O=C1[C@@H]2[C@@H](C(=O)N1c1cccc3ccccc13)C1c3ccccc3C2(C=Nc2cccc3ccccc23)c2ccccc21. The van der Waals surface area contributed by atoms with Crippen molar-refractivity contribution < 1.29 is 9.59 Å². The number of hydrogen-bond acceptors (Lipinski definition) is 3. The van der Waals surface area contributed by atoms with Gasteiger partial charge in [0.2, 0.25) is 11.8 Å². The van der Waals surface area contributed by atoms with Gasteiger partial charge in [0.25, 0.3) is 0 Å². The van der Waals surface area contributed by atoms with E-state index in [4.69, 9.17) is 4.99 Å². The van der Waals surface area contributed by atoms with Gasteiger partial charge in [-0.05, 0) is 45.2 Å². The molecule has 0 aromatic heterocycles. The Balaban J connectivity index is 1.32. The molecule has 2 bridgehead atoms. The van der Waals surface area contributed by atoms with Gasteiger partial charge in [-0.3, -0.25) is 14.6 Å². The Labute approximate surface area is 248 Å². The number of amides is 2. The number of aliphatic imine (C=N–C) groups is 1. The van der Waals surface area contributed by atoms with Crippen molar-refractivity contribution in [2.24, 2.45) is 16.8 Å². The first-order valence-corrected chi connectivity index (χ1v) is 14.8. The summed E-state index contributed by atoms with van der Waals surface area (Å²) in [6.45, 7) is 0. The average molecular weight is 555 g/mol. The standard InChI is InChI=1S/C39H26N2O2/c42-37-35-34-28-17-5-7-19-30(28)39(31-20-8-6-18-29(31)34,23-40-32-21-9-13-24-11-1-3-15-26(24)32)36(35)38(43)41(37)33-22-10-14-25-12-2-4-16-27(25)33/h1-23,34-36H/t34?,35-,36-,39?/m0/s1. The quantitative estimate of drug-likeness (QED) is 0.165. The van der Waals surface area contributed by atoms with Gasteiger partial charge in [0.15, 0.2) is 0 Å². The molecule has 0 unspecified atom stereocenters. The van der Waals surface area contributed by atoms with Crippen molar-refractivity contribution in [2.75, 3.05) is 4.90 Å². The van der Waals surface area contributed by atoms with E-state index < -0.39 is 17.3 Å². The van der Waals surface area contributed by atoms with Gasteiger partial charge < -0.3 is 0 Å². The number of imide groups is 1. The molecule has 43 heavy (non-hydrogen) atoms. The first kappa shape index (κ1) is 24.3. The number of anilines is 1. The normalized spacial score (nSPS) is 23.6. The van der Waals surface area contributed by atoms with E-state index in [0.717, 1.165) is 49.5 Å². The van der Waals surface area contributed by atoms with E-state index in [1.165, 1.54) is 4.90 Å². The monoisotopic (exact) mass is 554 g/mol. The third-order valence-corrected chi connectivity index (χ3v) is 9.87. The Morgan fingerprint density at radius 1 is 0.581 bits per heavy atom. The summed E-state index contributed by atoms with van der Waals surface area (Å²) in [6.07, 6.45) is 1.98. The van der Waals surface area contributed by atoms with E-state index in [9.17, 15) is 9.59 Å². The van der Waals surface area contributed by atoms with Gasteiger partial charge in [-0.15, -0.1) is 0 Å². The van der Waals surface area contributed by atoms with Gasteiger partial charge in [0, 0.05) is 22.9 Å². The second kappa shape index (κ2) is 8.83. The number of hydrogen-bond donors (Lipinski definition) is 0. The summed E-state index contributed by atoms with van der Waals surface area (Å²) in [4.78, 5) is 36.2. The predicted molar refractivity (Wildman–Crippen MR) is 171 cm³/mol. The van der Waals surface area contributed by atoms with Crippen molar-refractivity contribution in [2.45, 2.75) is 11.3 Å². The highest BCUT2D eigenvalue weighted by molar-refractivity contribution is 6.27. The van der Waals surface area contributed by atoms with Gasteiger partial charge in [-0.1, -0.05) is 121 Å². The zero-order chi connectivity index (χ0) is 28.7. The number of carbonyl (C=O) groups is 2. The second-order valence-corrected chi connectivity index (χ2v) is 11.8. The Kier molecular flexibility index (Phi) is 4.98. The van der Waals surface area contributed by atoms with Crippen LogP contribution in [0.25, 0.3) is 21.5 Å². The summed E-state index contributed by atoms with van der Waals surface area (Å²) in [6, 6.07) is 44.8. The Bertz CT molecular complexity index is 2120. The molecule has 4 nitrogen and oxygen atoms in total. The lowest BCUT2D eigenvalue weighted by Gasteiger charge is -2.52.